The number of carbonyl (C=O) groups is 3. The van der Waals surface area contributed by atoms with Crippen LogP contribution in [0.2, 0.25) is 0 Å². The van der Waals surface area contributed by atoms with E-state index in [1.807, 2.05) is 49.1 Å². The summed E-state index contributed by atoms with van der Waals surface area (Å²) in [7, 11) is 0. The number of rotatable bonds is 7. The lowest BCUT2D eigenvalue weighted by molar-refractivity contribution is -0.139. The van der Waals surface area contributed by atoms with Gasteiger partial charge < -0.3 is 5.32 Å². The predicted octanol–water partition coefficient (Wildman–Crippen LogP) is 1.26. The van der Waals surface area contributed by atoms with Crippen molar-refractivity contribution in [2.24, 2.45) is 0 Å². The van der Waals surface area contributed by atoms with E-state index in [0.29, 0.717) is 19.5 Å². The van der Waals surface area contributed by atoms with E-state index >= 15 is 0 Å². The third-order valence-electron chi connectivity index (χ3n) is 4.27. The molecule has 4 amide bonds. The van der Waals surface area contributed by atoms with Crippen LogP contribution >= 0.6 is 0 Å². The standard InChI is InChI=1S/C17H24N4O3/c1-4-17(3)15(23)21(16(24)18-17)19-14(22)12-20(5-2)11-13-9-7-6-8-10-13/h6-10H,4-5,11-12H2,1-3H3,(H,18,24)(H,19,22). The molecular weight excluding hydrogens is 308 g/mol. The molecule has 7 nitrogen and oxygen atoms in total. The van der Waals surface area contributed by atoms with Crippen LogP contribution in [0, 0.1) is 0 Å². The van der Waals surface area contributed by atoms with Crippen LogP contribution in [0.5, 0.6) is 0 Å². The van der Waals surface area contributed by atoms with Crippen LogP contribution in [0.15, 0.2) is 30.3 Å². The number of nitrogens with zero attached hydrogens (tertiary/aromatic N) is 2. The Labute approximate surface area is 142 Å². The van der Waals surface area contributed by atoms with Crippen molar-refractivity contribution in [2.45, 2.75) is 39.3 Å². The number of nitrogens with one attached hydrogen (secondary N) is 2. The quantitative estimate of drug-likeness (QED) is 0.737. The molecule has 130 valence electrons. The highest BCUT2D eigenvalue weighted by molar-refractivity contribution is 6.07. The van der Waals surface area contributed by atoms with E-state index in [1.165, 1.54) is 0 Å². The lowest BCUT2D eigenvalue weighted by Gasteiger charge is -2.22. The van der Waals surface area contributed by atoms with Gasteiger partial charge in [-0.05, 0) is 25.5 Å². The average Bonchev–Trinajstić information content (AvgIpc) is 2.79. The van der Waals surface area contributed by atoms with Crippen LogP contribution in [0.1, 0.15) is 32.8 Å². The molecule has 1 saturated heterocycles. The highest BCUT2D eigenvalue weighted by Gasteiger charge is 2.47. The minimum absolute atomic E-state index is 0.102. The van der Waals surface area contributed by atoms with Crippen molar-refractivity contribution in [1.29, 1.82) is 0 Å². The molecule has 24 heavy (non-hydrogen) atoms. The largest absolute Gasteiger partial charge is 0.344 e. The van der Waals surface area contributed by atoms with Gasteiger partial charge >= 0.3 is 6.03 Å². The van der Waals surface area contributed by atoms with Gasteiger partial charge in [0.05, 0.1) is 6.54 Å². The van der Waals surface area contributed by atoms with Gasteiger partial charge in [0.15, 0.2) is 0 Å². The summed E-state index contributed by atoms with van der Waals surface area (Å²) >= 11 is 0. The SMILES string of the molecule is CCN(CC(=O)NN1C(=O)NC(C)(CC)C1=O)Cc1ccccc1. The number of hydrogen-bond acceptors (Lipinski definition) is 4. The zero-order valence-corrected chi connectivity index (χ0v) is 14.3. The van der Waals surface area contributed by atoms with Gasteiger partial charge in [0.2, 0.25) is 0 Å². The van der Waals surface area contributed by atoms with Crippen molar-refractivity contribution in [1.82, 2.24) is 20.7 Å². The number of hydrazine groups is 1. The molecule has 0 radical (unpaired) electrons. The van der Waals surface area contributed by atoms with Crippen molar-refractivity contribution >= 4 is 17.8 Å². The average molecular weight is 332 g/mol. The fourth-order valence-corrected chi connectivity index (χ4v) is 2.51. The molecule has 1 aliphatic rings. The Morgan fingerprint density at radius 2 is 1.92 bits per heavy atom. The fourth-order valence-electron chi connectivity index (χ4n) is 2.51. The minimum atomic E-state index is -0.959. The highest BCUT2D eigenvalue weighted by atomic mass is 16.2. The maximum absolute atomic E-state index is 12.3. The first kappa shape index (κ1) is 17.9. The molecule has 1 heterocycles. The fraction of sp³-hybridized carbons (Fsp3) is 0.471. The third-order valence-corrected chi connectivity index (χ3v) is 4.27. The first-order valence-electron chi connectivity index (χ1n) is 8.12. The van der Waals surface area contributed by atoms with Gasteiger partial charge in [-0.2, -0.15) is 5.01 Å². The van der Waals surface area contributed by atoms with Crippen molar-refractivity contribution in [3.63, 3.8) is 0 Å². The Hall–Kier alpha value is -2.41. The summed E-state index contributed by atoms with van der Waals surface area (Å²) in [6.07, 6.45) is 0.457. The Morgan fingerprint density at radius 1 is 1.25 bits per heavy atom. The first-order chi connectivity index (χ1) is 11.4. The van der Waals surface area contributed by atoms with Crippen molar-refractivity contribution in [3.8, 4) is 0 Å². The Balaban J connectivity index is 1.94. The second kappa shape index (κ2) is 7.44. The van der Waals surface area contributed by atoms with E-state index < -0.39 is 23.4 Å². The number of amides is 4. The Kier molecular flexibility index (Phi) is 5.56. The van der Waals surface area contributed by atoms with Gasteiger partial charge in [0.25, 0.3) is 11.8 Å². The molecule has 2 rings (SSSR count). The maximum Gasteiger partial charge on any atom is 0.344 e. The van der Waals surface area contributed by atoms with Crippen LogP contribution < -0.4 is 10.7 Å². The molecule has 1 fully saturated rings. The summed E-state index contributed by atoms with van der Waals surface area (Å²) in [4.78, 5) is 38.3. The van der Waals surface area contributed by atoms with Gasteiger partial charge in [-0.3, -0.25) is 19.9 Å². The molecule has 1 aliphatic heterocycles. The zero-order chi connectivity index (χ0) is 17.7. The van der Waals surface area contributed by atoms with E-state index in [0.717, 1.165) is 10.6 Å². The number of benzene rings is 1. The van der Waals surface area contributed by atoms with E-state index in [2.05, 4.69) is 10.7 Å². The molecule has 0 saturated carbocycles. The van der Waals surface area contributed by atoms with Crippen LogP contribution in [-0.2, 0) is 16.1 Å². The van der Waals surface area contributed by atoms with Gasteiger partial charge in [0, 0.05) is 6.54 Å². The first-order valence-corrected chi connectivity index (χ1v) is 8.12. The molecule has 1 atom stereocenters. The molecule has 2 N–H and O–H groups in total. The molecule has 0 aromatic heterocycles. The molecule has 0 spiro atoms. The second-order valence-corrected chi connectivity index (χ2v) is 6.08. The molecule has 1 aromatic carbocycles. The number of imide groups is 1. The molecule has 1 unspecified atom stereocenters. The van der Waals surface area contributed by atoms with Crippen LogP contribution in [0.4, 0.5) is 4.79 Å². The van der Waals surface area contributed by atoms with E-state index in [-0.39, 0.29) is 6.54 Å². The molecule has 0 aliphatic carbocycles. The summed E-state index contributed by atoms with van der Waals surface area (Å²) < 4.78 is 0. The topological polar surface area (TPSA) is 81.8 Å². The smallest absolute Gasteiger partial charge is 0.322 e. The summed E-state index contributed by atoms with van der Waals surface area (Å²) in [5.74, 6) is -0.828. The monoisotopic (exact) mass is 332 g/mol. The third kappa shape index (κ3) is 3.91. The predicted molar refractivity (Wildman–Crippen MR) is 89.6 cm³/mol. The van der Waals surface area contributed by atoms with Crippen LogP contribution in [-0.4, -0.2) is 46.4 Å². The van der Waals surface area contributed by atoms with Crippen LogP contribution in [0.3, 0.4) is 0 Å². The lowest BCUT2D eigenvalue weighted by atomic mass is 10.00. The second-order valence-electron chi connectivity index (χ2n) is 6.08. The highest BCUT2D eigenvalue weighted by Crippen LogP contribution is 2.19. The maximum atomic E-state index is 12.3. The van der Waals surface area contributed by atoms with E-state index in [1.54, 1.807) is 6.92 Å². The number of carbonyl (C=O) groups excluding carboxylic acids is 3. The molecule has 1 aromatic rings. The zero-order valence-electron chi connectivity index (χ0n) is 14.3. The van der Waals surface area contributed by atoms with Gasteiger partial charge in [-0.15, -0.1) is 0 Å². The summed E-state index contributed by atoms with van der Waals surface area (Å²) in [6, 6.07) is 9.22. The summed E-state index contributed by atoms with van der Waals surface area (Å²) in [5.41, 5.74) is 2.55. The summed E-state index contributed by atoms with van der Waals surface area (Å²) in [5, 5.41) is 3.38. The van der Waals surface area contributed by atoms with Gasteiger partial charge in [-0.25, -0.2) is 4.79 Å². The van der Waals surface area contributed by atoms with Gasteiger partial charge in [-0.1, -0.05) is 44.2 Å². The van der Waals surface area contributed by atoms with Gasteiger partial charge in [0.1, 0.15) is 5.54 Å². The molecular formula is C17H24N4O3. The molecule has 0 bridgehead atoms. The lowest BCUT2D eigenvalue weighted by Crippen LogP contribution is -2.51. The number of likely N-dealkylation sites (N-methyl/N-ethyl adjacent to an activating group) is 1. The van der Waals surface area contributed by atoms with Crippen LogP contribution in [0.25, 0.3) is 0 Å². The van der Waals surface area contributed by atoms with E-state index in [4.69, 9.17) is 0 Å². The van der Waals surface area contributed by atoms with E-state index in [9.17, 15) is 14.4 Å². The van der Waals surface area contributed by atoms with Crippen molar-refractivity contribution < 1.29 is 14.4 Å². The normalized spacial score (nSPS) is 20.4. The number of urea groups is 1. The molecule has 7 heteroatoms. The Bertz CT molecular complexity index is 620. The van der Waals surface area contributed by atoms with Crippen molar-refractivity contribution in [2.75, 3.05) is 13.1 Å². The minimum Gasteiger partial charge on any atom is -0.322 e. The van der Waals surface area contributed by atoms with Crippen molar-refractivity contribution in [3.05, 3.63) is 35.9 Å². The Morgan fingerprint density at radius 3 is 2.46 bits per heavy atom. The number of hydrogen-bond donors (Lipinski definition) is 2. The summed E-state index contributed by atoms with van der Waals surface area (Å²) in [6.45, 7) is 6.81.